The third kappa shape index (κ3) is 2.61. The van der Waals surface area contributed by atoms with Crippen molar-refractivity contribution in [3.8, 4) is 5.75 Å². The van der Waals surface area contributed by atoms with E-state index in [2.05, 4.69) is 4.98 Å². The molecule has 7 heteroatoms. The van der Waals surface area contributed by atoms with E-state index < -0.39 is 11.8 Å². The van der Waals surface area contributed by atoms with E-state index >= 15 is 0 Å². The quantitative estimate of drug-likeness (QED) is 0.807. The van der Waals surface area contributed by atoms with Gasteiger partial charge in [-0.05, 0) is 17.7 Å². The fourth-order valence-electron chi connectivity index (χ4n) is 1.87. The lowest BCUT2D eigenvalue weighted by atomic mass is 10.2. The lowest BCUT2D eigenvalue weighted by molar-refractivity contribution is 0.0959. The second-order valence-electron chi connectivity index (χ2n) is 4.15. The normalized spacial score (nSPS) is 10.2. The Morgan fingerprint density at radius 1 is 1.20 bits per heavy atom. The van der Waals surface area contributed by atoms with Crippen LogP contribution in [0.2, 0.25) is 0 Å². The van der Waals surface area contributed by atoms with Crippen LogP contribution in [0.5, 0.6) is 5.75 Å². The molecule has 0 spiro atoms. The average Bonchev–Trinajstić information content (AvgIpc) is 2.83. The Balaban J connectivity index is 2.33. The lowest BCUT2D eigenvalue weighted by Gasteiger charge is -2.07. The lowest BCUT2D eigenvalue weighted by Crippen LogP contribution is -2.23. The Bertz CT molecular complexity index is 646. The third-order valence-corrected chi connectivity index (χ3v) is 2.82. The molecule has 7 nitrogen and oxygen atoms in total. The summed E-state index contributed by atoms with van der Waals surface area (Å²) in [5.74, 6) is -0.801. The maximum atomic E-state index is 11.4. The highest BCUT2D eigenvalue weighted by Gasteiger charge is 2.20. The Hall–Kier alpha value is -2.83. The van der Waals surface area contributed by atoms with Crippen LogP contribution >= 0.6 is 0 Å². The topological polar surface area (TPSA) is 113 Å². The van der Waals surface area contributed by atoms with Gasteiger partial charge in [0.15, 0.2) is 5.69 Å². The molecule has 1 aromatic heterocycles. The Labute approximate surface area is 115 Å². The van der Waals surface area contributed by atoms with Crippen molar-refractivity contribution in [1.29, 1.82) is 0 Å². The molecule has 0 aliphatic rings. The molecule has 20 heavy (non-hydrogen) atoms. The molecule has 0 radical (unpaired) electrons. The highest BCUT2D eigenvalue weighted by Crippen LogP contribution is 2.14. The second kappa shape index (κ2) is 5.43. The number of benzene rings is 1. The van der Waals surface area contributed by atoms with Crippen LogP contribution in [-0.4, -0.2) is 28.5 Å². The van der Waals surface area contributed by atoms with Crippen molar-refractivity contribution in [1.82, 2.24) is 9.55 Å². The zero-order valence-corrected chi connectivity index (χ0v) is 10.9. The molecule has 0 unspecified atom stereocenters. The molecular weight excluding hydrogens is 260 g/mol. The molecule has 0 fully saturated rings. The predicted octanol–water partition coefficient (Wildman–Crippen LogP) is 0.138. The van der Waals surface area contributed by atoms with E-state index in [0.29, 0.717) is 6.54 Å². The number of imidazole rings is 1. The van der Waals surface area contributed by atoms with Crippen molar-refractivity contribution in [2.75, 3.05) is 7.11 Å². The van der Waals surface area contributed by atoms with Crippen LogP contribution in [0.1, 0.15) is 26.5 Å². The molecule has 0 aliphatic heterocycles. The van der Waals surface area contributed by atoms with Gasteiger partial charge in [0.1, 0.15) is 11.4 Å². The first kappa shape index (κ1) is 13.6. The molecule has 0 atom stereocenters. The summed E-state index contributed by atoms with van der Waals surface area (Å²) in [5, 5.41) is 0. The first-order chi connectivity index (χ1) is 9.52. The fraction of sp³-hybridized carbons (Fsp3) is 0.154. The van der Waals surface area contributed by atoms with Crippen molar-refractivity contribution in [2.24, 2.45) is 11.5 Å². The fourth-order valence-corrected chi connectivity index (χ4v) is 1.87. The molecular formula is C13H14N4O3. The summed E-state index contributed by atoms with van der Waals surface area (Å²) in [6.45, 7) is 0.350. The standard InChI is InChI=1S/C13H14N4O3/c1-20-9-4-2-8(3-5-9)6-17-7-16-10(12(14)18)11(17)13(15)19/h2-5,7H,6H2,1H3,(H2,14,18)(H2,15,19). The van der Waals surface area contributed by atoms with Gasteiger partial charge in [-0.15, -0.1) is 0 Å². The van der Waals surface area contributed by atoms with Crippen LogP contribution in [0, 0.1) is 0 Å². The van der Waals surface area contributed by atoms with E-state index in [4.69, 9.17) is 16.2 Å². The van der Waals surface area contributed by atoms with Gasteiger partial charge in [0.05, 0.1) is 13.4 Å². The SMILES string of the molecule is COc1ccc(Cn2cnc(C(N)=O)c2C(N)=O)cc1. The maximum Gasteiger partial charge on any atom is 0.269 e. The highest BCUT2D eigenvalue weighted by molar-refractivity contribution is 6.03. The monoisotopic (exact) mass is 274 g/mol. The van der Waals surface area contributed by atoms with Gasteiger partial charge >= 0.3 is 0 Å². The van der Waals surface area contributed by atoms with E-state index in [1.54, 1.807) is 19.2 Å². The summed E-state index contributed by atoms with van der Waals surface area (Å²) in [4.78, 5) is 26.5. The van der Waals surface area contributed by atoms with Gasteiger partial charge in [0.2, 0.25) is 0 Å². The molecule has 2 rings (SSSR count). The number of nitrogens with two attached hydrogens (primary N) is 2. The second-order valence-corrected chi connectivity index (χ2v) is 4.15. The number of rotatable bonds is 5. The summed E-state index contributed by atoms with van der Waals surface area (Å²) in [5.41, 5.74) is 11.2. The molecule has 0 saturated carbocycles. The van der Waals surface area contributed by atoms with Gasteiger partial charge in [-0.2, -0.15) is 0 Å². The number of ether oxygens (including phenoxy) is 1. The summed E-state index contributed by atoms with van der Waals surface area (Å²) >= 11 is 0. The Morgan fingerprint density at radius 3 is 2.35 bits per heavy atom. The van der Waals surface area contributed by atoms with Gasteiger partial charge in [0.25, 0.3) is 11.8 Å². The molecule has 2 amide bonds. The number of carbonyl (C=O) groups excluding carboxylic acids is 2. The molecule has 0 saturated heterocycles. The number of hydrogen-bond donors (Lipinski definition) is 2. The average molecular weight is 274 g/mol. The van der Waals surface area contributed by atoms with Crippen molar-refractivity contribution in [3.05, 3.63) is 47.5 Å². The maximum absolute atomic E-state index is 11.4. The van der Waals surface area contributed by atoms with Crippen LogP contribution in [0.15, 0.2) is 30.6 Å². The zero-order chi connectivity index (χ0) is 14.7. The number of aromatic nitrogens is 2. The van der Waals surface area contributed by atoms with Crippen molar-refractivity contribution in [2.45, 2.75) is 6.54 Å². The molecule has 1 heterocycles. The van der Waals surface area contributed by atoms with Gasteiger partial charge < -0.3 is 20.8 Å². The van der Waals surface area contributed by atoms with Crippen LogP contribution in [-0.2, 0) is 6.54 Å². The van der Waals surface area contributed by atoms with Crippen LogP contribution in [0.25, 0.3) is 0 Å². The van der Waals surface area contributed by atoms with Crippen LogP contribution in [0.3, 0.4) is 0 Å². The minimum Gasteiger partial charge on any atom is -0.497 e. The van der Waals surface area contributed by atoms with Gasteiger partial charge in [0, 0.05) is 6.54 Å². The number of nitrogens with zero attached hydrogens (tertiary/aromatic N) is 2. The minimum absolute atomic E-state index is 0.00770. The van der Waals surface area contributed by atoms with E-state index in [1.807, 2.05) is 12.1 Å². The summed E-state index contributed by atoms with van der Waals surface area (Å²) in [7, 11) is 1.58. The van der Waals surface area contributed by atoms with Gasteiger partial charge in [-0.25, -0.2) is 4.98 Å². The molecule has 104 valence electrons. The zero-order valence-electron chi connectivity index (χ0n) is 10.9. The van der Waals surface area contributed by atoms with Crippen LogP contribution < -0.4 is 16.2 Å². The van der Waals surface area contributed by atoms with E-state index in [-0.39, 0.29) is 11.4 Å². The Morgan fingerprint density at radius 2 is 1.85 bits per heavy atom. The molecule has 0 bridgehead atoms. The number of carbonyl (C=O) groups is 2. The van der Waals surface area contributed by atoms with Crippen molar-refractivity contribution in [3.63, 3.8) is 0 Å². The molecule has 1 aromatic carbocycles. The minimum atomic E-state index is -0.785. The number of amides is 2. The summed E-state index contributed by atoms with van der Waals surface area (Å²) < 4.78 is 6.55. The molecule has 2 aromatic rings. The first-order valence-corrected chi connectivity index (χ1v) is 5.80. The molecule has 0 aliphatic carbocycles. The Kier molecular flexibility index (Phi) is 3.69. The number of primary amides is 2. The number of hydrogen-bond acceptors (Lipinski definition) is 4. The smallest absolute Gasteiger partial charge is 0.269 e. The summed E-state index contributed by atoms with van der Waals surface area (Å²) in [6.07, 6.45) is 1.37. The van der Waals surface area contributed by atoms with Crippen molar-refractivity contribution >= 4 is 11.8 Å². The van der Waals surface area contributed by atoms with Gasteiger partial charge in [-0.1, -0.05) is 12.1 Å². The van der Waals surface area contributed by atoms with E-state index in [0.717, 1.165) is 11.3 Å². The first-order valence-electron chi connectivity index (χ1n) is 5.80. The van der Waals surface area contributed by atoms with E-state index in [9.17, 15) is 9.59 Å². The predicted molar refractivity (Wildman–Crippen MR) is 71.4 cm³/mol. The van der Waals surface area contributed by atoms with Crippen LogP contribution in [0.4, 0.5) is 0 Å². The molecule has 4 N–H and O–H groups in total. The van der Waals surface area contributed by atoms with E-state index in [1.165, 1.54) is 10.9 Å². The van der Waals surface area contributed by atoms with Gasteiger partial charge in [-0.3, -0.25) is 9.59 Å². The largest absolute Gasteiger partial charge is 0.497 e. The third-order valence-electron chi connectivity index (χ3n) is 2.82. The van der Waals surface area contributed by atoms with Crippen molar-refractivity contribution < 1.29 is 14.3 Å². The summed E-state index contributed by atoms with van der Waals surface area (Å²) in [6, 6.07) is 7.28. The number of methoxy groups -OCH3 is 1. The highest BCUT2D eigenvalue weighted by atomic mass is 16.5.